The molecule has 1 aromatic carbocycles. The quantitative estimate of drug-likeness (QED) is 0.609. The number of nitrogens with one attached hydrogen (secondary N) is 2. The van der Waals surface area contributed by atoms with Crippen molar-refractivity contribution in [3.63, 3.8) is 0 Å². The largest absolute Gasteiger partial charge is 0.348 e. The Balaban J connectivity index is 1.79. The Hall–Kier alpha value is -2.16. The Morgan fingerprint density at radius 3 is 2.73 bits per heavy atom. The van der Waals surface area contributed by atoms with Crippen molar-refractivity contribution < 1.29 is 9.72 Å². The maximum absolute atomic E-state index is 12.4. The predicted octanol–water partition coefficient (Wildman–Crippen LogP) is 2.96. The smallest absolute Gasteiger partial charge is 0.272 e. The molecular formula is C16H17Cl2N5O3. The van der Waals surface area contributed by atoms with E-state index in [9.17, 15) is 14.9 Å². The first-order valence-corrected chi connectivity index (χ1v) is 8.84. The first kappa shape index (κ1) is 18.6. The van der Waals surface area contributed by atoms with Crippen LogP contribution in [0.15, 0.2) is 24.4 Å². The average molecular weight is 398 g/mol. The molecule has 2 aromatic rings. The second-order valence-electron chi connectivity index (χ2n) is 6.21. The molecule has 138 valence electrons. The van der Waals surface area contributed by atoms with Crippen molar-refractivity contribution in [1.82, 2.24) is 20.4 Å². The lowest BCUT2D eigenvalue weighted by Crippen LogP contribution is -2.46. The van der Waals surface area contributed by atoms with Gasteiger partial charge in [-0.05, 0) is 32.4 Å². The number of carbonyl (C=O) groups is 1. The number of aromatic nitrogens is 2. The molecule has 2 atom stereocenters. The van der Waals surface area contributed by atoms with Gasteiger partial charge in [-0.1, -0.05) is 23.2 Å². The highest BCUT2D eigenvalue weighted by atomic mass is 35.5. The summed E-state index contributed by atoms with van der Waals surface area (Å²) in [6.45, 7) is 2.93. The van der Waals surface area contributed by atoms with Crippen LogP contribution in [0.25, 0.3) is 5.69 Å². The Bertz CT molecular complexity index is 831. The van der Waals surface area contributed by atoms with E-state index < -0.39 is 4.92 Å². The van der Waals surface area contributed by atoms with Crippen LogP contribution in [0.4, 0.5) is 5.69 Å². The fourth-order valence-corrected chi connectivity index (χ4v) is 3.62. The topological polar surface area (TPSA) is 102 Å². The maximum atomic E-state index is 12.4. The minimum Gasteiger partial charge on any atom is -0.348 e. The van der Waals surface area contributed by atoms with Gasteiger partial charge in [0, 0.05) is 30.4 Å². The van der Waals surface area contributed by atoms with Crippen LogP contribution >= 0.6 is 23.2 Å². The highest BCUT2D eigenvalue weighted by molar-refractivity contribution is 6.38. The van der Waals surface area contributed by atoms with Gasteiger partial charge in [0.15, 0.2) is 5.69 Å². The maximum Gasteiger partial charge on any atom is 0.272 e. The lowest BCUT2D eigenvalue weighted by molar-refractivity contribution is -0.384. The number of rotatable bonds is 4. The molecule has 1 aliphatic heterocycles. The molecule has 3 rings (SSSR count). The lowest BCUT2D eigenvalue weighted by Gasteiger charge is -2.28. The van der Waals surface area contributed by atoms with Gasteiger partial charge >= 0.3 is 0 Å². The molecule has 0 aliphatic carbocycles. The van der Waals surface area contributed by atoms with Crippen LogP contribution < -0.4 is 10.6 Å². The summed E-state index contributed by atoms with van der Waals surface area (Å²) in [5.74, 6) is -0.281. The van der Waals surface area contributed by atoms with Crippen LogP contribution in [-0.4, -0.2) is 39.2 Å². The van der Waals surface area contributed by atoms with E-state index in [4.69, 9.17) is 23.2 Å². The Kier molecular flexibility index (Phi) is 5.45. The summed E-state index contributed by atoms with van der Waals surface area (Å²) in [7, 11) is 0. The zero-order chi connectivity index (χ0) is 18.8. The summed E-state index contributed by atoms with van der Waals surface area (Å²) in [6, 6.07) is 4.38. The van der Waals surface area contributed by atoms with Gasteiger partial charge in [0.05, 0.1) is 15.0 Å². The molecule has 1 aromatic heterocycles. The number of benzene rings is 1. The van der Waals surface area contributed by atoms with E-state index in [0.29, 0.717) is 6.04 Å². The average Bonchev–Trinajstić information content (AvgIpc) is 3.03. The molecule has 1 saturated heterocycles. The lowest BCUT2D eigenvalue weighted by atomic mass is 10.0. The summed E-state index contributed by atoms with van der Waals surface area (Å²) in [6.07, 6.45) is 3.25. The van der Waals surface area contributed by atoms with Gasteiger partial charge in [-0.3, -0.25) is 14.9 Å². The van der Waals surface area contributed by atoms with Crippen molar-refractivity contribution in [3.05, 3.63) is 50.2 Å². The molecule has 2 unspecified atom stereocenters. The third-order valence-electron chi connectivity index (χ3n) is 4.22. The number of halogens is 2. The van der Waals surface area contributed by atoms with Crippen LogP contribution in [0.1, 0.15) is 30.3 Å². The SMILES string of the molecule is CC1CC(NC(=O)c2ccn(-c3c(Cl)cc([N+](=O)[O-])cc3Cl)n2)CCN1. The Morgan fingerprint density at radius 1 is 1.42 bits per heavy atom. The Morgan fingerprint density at radius 2 is 2.12 bits per heavy atom. The minimum absolute atomic E-state index is 0.0754. The van der Waals surface area contributed by atoms with Crippen LogP contribution in [0.2, 0.25) is 10.0 Å². The fraction of sp³-hybridized carbons (Fsp3) is 0.375. The van der Waals surface area contributed by atoms with Crippen LogP contribution in [0, 0.1) is 10.1 Å². The molecule has 1 fully saturated rings. The highest BCUT2D eigenvalue weighted by Gasteiger charge is 2.22. The van der Waals surface area contributed by atoms with Gasteiger partial charge in [-0.2, -0.15) is 5.10 Å². The molecule has 26 heavy (non-hydrogen) atoms. The van der Waals surface area contributed by atoms with Gasteiger partial charge in [0.2, 0.25) is 0 Å². The monoisotopic (exact) mass is 397 g/mol. The van der Waals surface area contributed by atoms with Crippen molar-refractivity contribution in [1.29, 1.82) is 0 Å². The van der Waals surface area contributed by atoms with Gasteiger partial charge < -0.3 is 10.6 Å². The van der Waals surface area contributed by atoms with E-state index in [1.807, 2.05) is 0 Å². The predicted molar refractivity (Wildman–Crippen MR) is 98.2 cm³/mol. The van der Waals surface area contributed by atoms with E-state index in [0.717, 1.165) is 19.4 Å². The van der Waals surface area contributed by atoms with E-state index in [2.05, 4.69) is 22.7 Å². The summed E-state index contributed by atoms with van der Waals surface area (Å²) >= 11 is 12.2. The van der Waals surface area contributed by atoms with E-state index in [1.54, 1.807) is 12.3 Å². The number of piperidine rings is 1. The van der Waals surface area contributed by atoms with Gasteiger partial charge in [-0.15, -0.1) is 0 Å². The molecule has 10 heteroatoms. The first-order valence-electron chi connectivity index (χ1n) is 8.09. The zero-order valence-corrected chi connectivity index (χ0v) is 15.4. The molecular weight excluding hydrogens is 381 g/mol. The first-order chi connectivity index (χ1) is 12.3. The number of carbonyl (C=O) groups excluding carboxylic acids is 1. The van der Waals surface area contributed by atoms with Gasteiger partial charge in [-0.25, -0.2) is 4.68 Å². The fourth-order valence-electron chi connectivity index (χ4n) is 2.97. The molecule has 0 bridgehead atoms. The number of nitro benzene ring substituents is 1. The summed E-state index contributed by atoms with van der Waals surface area (Å²) in [5.41, 5.74) is 0.295. The Labute approximate surface area is 159 Å². The number of hydrogen-bond donors (Lipinski definition) is 2. The van der Waals surface area contributed by atoms with Crippen LogP contribution in [0.5, 0.6) is 0 Å². The molecule has 2 N–H and O–H groups in total. The van der Waals surface area contributed by atoms with Crippen LogP contribution in [0.3, 0.4) is 0 Å². The molecule has 0 radical (unpaired) electrons. The zero-order valence-electron chi connectivity index (χ0n) is 13.9. The minimum atomic E-state index is -0.580. The van der Waals surface area contributed by atoms with E-state index >= 15 is 0 Å². The normalized spacial score (nSPS) is 20.0. The third kappa shape index (κ3) is 3.98. The van der Waals surface area contributed by atoms with E-state index in [-0.39, 0.29) is 39.1 Å². The number of nitrogens with zero attached hydrogens (tertiary/aromatic N) is 3. The summed E-state index contributed by atoms with van der Waals surface area (Å²) in [4.78, 5) is 22.7. The molecule has 0 spiro atoms. The number of non-ortho nitro benzene ring substituents is 1. The number of amides is 1. The third-order valence-corrected chi connectivity index (χ3v) is 4.80. The number of hydrogen-bond acceptors (Lipinski definition) is 5. The number of nitro groups is 1. The second kappa shape index (κ2) is 7.61. The van der Waals surface area contributed by atoms with Crippen molar-refractivity contribution in [2.75, 3.05) is 6.54 Å². The van der Waals surface area contributed by atoms with Crippen molar-refractivity contribution in [3.8, 4) is 5.69 Å². The molecule has 0 saturated carbocycles. The van der Waals surface area contributed by atoms with Gasteiger partial charge in [0.1, 0.15) is 5.69 Å². The summed E-state index contributed by atoms with van der Waals surface area (Å²) in [5, 5.41) is 21.5. The molecule has 8 nitrogen and oxygen atoms in total. The van der Waals surface area contributed by atoms with Gasteiger partial charge in [0.25, 0.3) is 11.6 Å². The van der Waals surface area contributed by atoms with Crippen molar-refractivity contribution >= 4 is 34.8 Å². The molecule has 1 amide bonds. The molecule has 2 heterocycles. The highest BCUT2D eigenvalue weighted by Crippen LogP contribution is 2.32. The van der Waals surface area contributed by atoms with Crippen molar-refractivity contribution in [2.45, 2.75) is 31.8 Å². The van der Waals surface area contributed by atoms with Crippen LogP contribution in [-0.2, 0) is 0 Å². The van der Waals surface area contributed by atoms with E-state index in [1.165, 1.54) is 16.8 Å². The second-order valence-corrected chi connectivity index (χ2v) is 7.03. The standard InChI is InChI=1S/C16H17Cl2N5O3/c1-9-6-10(2-4-19-9)20-16(24)14-3-5-22(21-14)15-12(17)7-11(23(25)26)8-13(15)18/h3,5,7-10,19H,2,4,6H2,1H3,(H,20,24). The molecule has 1 aliphatic rings. The summed E-state index contributed by atoms with van der Waals surface area (Å²) < 4.78 is 1.34. The van der Waals surface area contributed by atoms with Crippen molar-refractivity contribution in [2.24, 2.45) is 0 Å².